The molecule has 0 aromatic carbocycles. The van der Waals surface area contributed by atoms with Gasteiger partial charge in [-0.1, -0.05) is 166 Å². The van der Waals surface area contributed by atoms with Crippen molar-refractivity contribution < 1.29 is 71.0 Å². The molecular weight excluding hydrogens is 997 g/mol. The fourth-order valence-electron chi connectivity index (χ4n) is 8.38. The summed E-state index contributed by atoms with van der Waals surface area (Å²) in [4.78, 5) is 62.1. The zero-order valence-electron chi connectivity index (χ0n) is 44.5. The van der Waals surface area contributed by atoms with Gasteiger partial charge in [0.1, 0.15) is 30.7 Å². The molecular formula is C53H91N3O16P2. The SMILES string of the molecule is CCCCC/C=C\C/C=C\CC1OC1C/C=C\CCCC(=O)O[C@H](COC(=O)CCCCCCCCCCCCCCCCC(C)CC)COP(=O)(O)OP(=O)(O)OC[C@H]1O[C@@H](n2ccc(N)nc2=O)[C@H](O)[C@@H]1O. The molecule has 2 aliphatic heterocycles. The van der Waals surface area contributed by atoms with Crippen LogP contribution in [0.3, 0.4) is 0 Å². The number of hydrogen-bond donors (Lipinski definition) is 5. The van der Waals surface area contributed by atoms with E-state index in [1.54, 1.807) is 0 Å². The Labute approximate surface area is 440 Å². The van der Waals surface area contributed by atoms with Crippen molar-refractivity contribution in [1.82, 2.24) is 9.55 Å². The van der Waals surface area contributed by atoms with Crippen LogP contribution in [0, 0.1) is 5.92 Å². The monoisotopic (exact) mass is 1090 g/mol. The number of hydrogen-bond acceptors (Lipinski definition) is 16. The van der Waals surface area contributed by atoms with Gasteiger partial charge in [-0.15, -0.1) is 0 Å². The molecule has 2 saturated heterocycles. The number of aliphatic hydroxyl groups excluding tert-OH is 2. The van der Waals surface area contributed by atoms with Crippen LogP contribution in [0.15, 0.2) is 53.5 Å². The van der Waals surface area contributed by atoms with Crippen LogP contribution >= 0.6 is 15.6 Å². The number of nitrogens with two attached hydrogens (primary N) is 1. The van der Waals surface area contributed by atoms with Crippen LogP contribution in [0.1, 0.15) is 200 Å². The molecule has 0 spiro atoms. The van der Waals surface area contributed by atoms with E-state index in [9.17, 15) is 43.5 Å². The quantitative estimate of drug-likeness (QED) is 0.0133. The number of carbonyl (C=O) groups excluding carboxylic acids is 2. The highest BCUT2D eigenvalue weighted by Gasteiger charge is 2.46. The molecule has 0 bridgehead atoms. The van der Waals surface area contributed by atoms with E-state index in [0.29, 0.717) is 19.3 Å². The van der Waals surface area contributed by atoms with Gasteiger partial charge in [0.05, 0.1) is 25.4 Å². The van der Waals surface area contributed by atoms with E-state index < -0.39 is 83.7 Å². The molecule has 1 aromatic rings. The van der Waals surface area contributed by atoms with E-state index in [1.165, 1.54) is 96.0 Å². The zero-order chi connectivity index (χ0) is 54.0. The van der Waals surface area contributed by atoms with Gasteiger partial charge in [-0.05, 0) is 63.4 Å². The number of anilines is 1. The van der Waals surface area contributed by atoms with E-state index in [-0.39, 0.29) is 30.9 Å². The van der Waals surface area contributed by atoms with Crippen molar-refractivity contribution in [2.24, 2.45) is 5.92 Å². The van der Waals surface area contributed by atoms with Crippen LogP contribution in [0.25, 0.3) is 0 Å². The summed E-state index contributed by atoms with van der Waals surface area (Å²) in [5.74, 6) is -0.520. The predicted octanol–water partition coefficient (Wildman–Crippen LogP) is 10.8. The number of phosphoric ester groups is 2. The number of epoxide rings is 1. The first-order valence-electron chi connectivity index (χ1n) is 27.5. The Balaban J connectivity index is 1.39. The summed E-state index contributed by atoms with van der Waals surface area (Å²) in [5.41, 5.74) is 4.59. The molecule has 0 saturated carbocycles. The molecule has 10 atom stereocenters. The third-order valence-corrected chi connectivity index (χ3v) is 15.8. The average molecular weight is 1090 g/mol. The van der Waals surface area contributed by atoms with Crippen molar-refractivity contribution in [1.29, 1.82) is 0 Å². The molecule has 0 radical (unpaired) electrons. The molecule has 0 amide bonds. The maximum Gasteiger partial charge on any atom is 0.481 e. The van der Waals surface area contributed by atoms with Crippen molar-refractivity contribution in [2.45, 2.75) is 237 Å². The molecule has 19 nitrogen and oxygen atoms in total. The second-order valence-electron chi connectivity index (χ2n) is 19.7. The van der Waals surface area contributed by atoms with Crippen molar-refractivity contribution in [3.8, 4) is 0 Å². The van der Waals surface area contributed by atoms with Gasteiger partial charge >= 0.3 is 33.3 Å². The van der Waals surface area contributed by atoms with Crippen LogP contribution < -0.4 is 11.4 Å². The van der Waals surface area contributed by atoms with Gasteiger partial charge < -0.3 is 44.7 Å². The predicted molar refractivity (Wildman–Crippen MR) is 284 cm³/mol. The highest BCUT2D eigenvalue weighted by molar-refractivity contribution is 7.61. The lowest BCUT2D eigenvalue weighted by Crippen LogP contribution is -2.36. The van der Waals surface area contributed by atoms with Crippen molar-refractivity contribution >= 4 is 33.4 Å². The normalized spacial score (nSPS) is 22.3. The molecule has 21 heteroatoms. The maximum atomic E-state index is 12.9. The van der Waals surface area contributed by atoms with Gasteiger partial charge in [-0.2, -0.15) is 9.29 Å². The summed E-state index contributed by atoms with van der Waals surface area (Å²) in [6.07, 6.45) is 33.8. The molecule has 0 aliphatic carbocycles. The molecule has 2 aliphatic rings. The van der Waals surface area contributed by atoms with Crippen molar-refractivity contribution in [3.05, 3.63) is 59.2 Å². The van der Waals surface area contributed by atoms with Gasteiger partial charge in [0.25, 0.3) is 0 Å². The van der Waals surface area contributed by atoms with Crippen LogP contribution in [-0.4, -0.2) is 97.9 Å². The molecule has 3 rings (SSSR count). The van der Waals surface area contributed by atoms with Gasteiger partial charge in [-0.3, -0.25) is 23.2 Å². The lowest BCUT2D eigenvalue weighted by molar-refractivity contribution is -0.161. The molecule has 3 heterocycles. The van der Waals surface area contributed by atoms with Crippen LogP contribution in [0.5, 0.6) is 0 Å². The topological polar surface area (TPSA) is 278 Å². The first kappa shape index (κ1) is 65.2. The number of nitrogen functional groups attached to an aromatic ring is 1. The molecule has 6 N–H and O–H groups in total. The van der Waals surface area contributed by atoms with E-state index >= 15 is 0 Å². The number of unbranched alkanes of at least 4 members (excludes halogenated alkanes) is 17. The van der Waals surface area contributed by atoms with Gasteiger partial charge in [0.2, 0.25) is 0 Å². The highest BCUT2D eigenvalue weighted by atomic mass is 31.3. The Morgan fingerprint density at radius 2 is 1.28 bits per heavy atom. The summed E-state index contributed by atoms with van der Waals surface area (Å²) in [6.45, 7) is 4.44. The summed E-state index contributed by atoms with van der Waals surface area (Å²) in [6, 6.07) is 1.25. The minimum Gasteiger partial charge on any atom is -0.462 e. The maximum absolute atomic E-state index is 12.9. The Bertz CT molecular complexity index is 1970. The van der Waals surface area contributed by atoms with Gasteiger partial charge in [0, 0.05) is 19.0 Å². The van der Waals surface area contributed by atoms with Crippen LogP contribution in [0.4, 0.5) is 5.82 Å². The minimum absolute atomic E-state index is 0.0327. The molecule has 74 heavy (non-hydrogen) atoms. The number of ether oxygens (including phenoxy) is 4. The first-order valence-corrected chi connectivity index (χ1v) is 30.5. The summed E-state index contributed by atoms with van der Waals surface area (Å²) >= 11 is 0. The Hall–Kier alpha value is -3.06. The fourth-order valence-corrected chi connectivity index (χ4v) is 10.5. The van der Waals surface area contributed by atoms with Gasteiger partial charge in [0.15, 0.2) is 12.3 Å². The lowest BCUT2D eigenvalue weighted by atomic mass is 9.99. The number of aliphatic hydroxyl groups is 2. The second kappa shape index (κ2) is 37.7. The summed E-state index contributed by atoms with van der Waals surface area (Å²) in [7, 11) is -10.9. The van der Waals surface area contributed by atoms with Crippen LogP contribution in [-0.2, 0) is 51.0 Å². The van der Waals surface area contributed by atoms with Crippen molar-refractivity contribution in [3.63, 3.8) is 0 Å². The average Bonchev–Trinajstić information content (AvgIpc) is 4.05. The second-order valence-corrected chi connectivity index (χ2v) is 22.8. The number of allylic oxidation sites excluding steroid dienone is 4. The third-order valence-electron chi connectivity index (χ3n) is 13.2. The molecule has 2 fully saturated rings. The first-order chi connectivity index (χ1) is 35.5. The van der Waals surface area contributed by atoms with E-state index in [4.69, 9.17) is 33.7 Å². The zero-order valence-corrected chi connectivity index (χ0v) is 46.3. The number of rotatable bonds is 44. The van der Waals surface area contributed by atoms with E-state index in [2.05, 4.69) is 54.4 Å². The smallest absolute Gasteiger partial charge is 0.462 e. The summed E-state index contributed by atoms with van der Waals surface area (Å²) in [5, 5.41) is 20.9. The fraction of sp³-hybridized carbons (Fsp3) is 0.774. The van der Waals surface area contributed by atoms with Crippen LogP contribution in [0.2, 0.25) is 0 Å². The van der Waals surface area contributed by atoms with E-state index in [1.807, 2.05) is 12.2 Å². The third kappa shape index (κ3) is 29.5. The minimum atomic E-state index is -5.44. The van der Waals surface area contributed by atoms with Crippen molar-refractivity contribution in [2.75, 3.05) is 25.6 Å². The van der Waals surface area contributed by atoms with Gasteiger partial charge in [-0.25, -0.2) is 13.9 Å². The Kier molecular flexibility index (Phi) is 33.2. The number of aromatic nitrogens is 2. The number of esters is 2. The Morgan fingerprint density at radius 3 is 1.92 bits per heavy atom. The standard InChI is InChI=1S/C53H91N3O16P2/c1-4-6-7-8-9-16-20-23-28-33-44-45(70-44)34-29-25-26-31-36-49(58)69-43(39-66-48(57)35-30-24-21-18-15-13-11-10-12-14-17-19-22-27-32-42(3)5-2)40-67-73(62,63)72-74(64,65)68-41-46-50(59)51(60)52(71-46)56-38-37-47(54)55-53(56)61/h9,16,23,25,28-29,37-38,42-46,50-52,59-60H,4-8,10-15,17-22,24,26-27,30-36,39-41H2,1-3H3,(H,62,63)(H,64,65)(H2,54,55,61)/b16-9-,28-23-,29-25-/t42?,43-,44?,45?,46-,50-,51-,52-/m1/s1. The number of carbonyl (C=O) groups is 2. The van der Waals surface area contributed by atoms with E-state index in [0.717, 1.165) is 68.0 Å². The highest BCUT2D eigenvalue weighted by Crippen LogP contribution is 2.60. The molecule has 5 unspecified atom stereocenters. The lowest BCUT2D eigenvalue weighted by Gasteiger charge is -2.21. The summed E-state index contributed by atoms with van der Waals surface area (Å²) < 4.78 is 62.7. The number of nitrogens with zero attached hydrogens (tertiary/aromatic N) is 2. The number of phosphoric acid groups is 2. The molecule has 424 valence electrons. The molecule has 1 aromatic heterocycles. The Morgan fingerprint density at radius 1 is 0.716 bits per heavy atom. The largest absolute Gasteiger partial charge is 0.481 e.